The number of carbonyl (C=O) groups excluding carboxylic acids is 2. The van der Waals surface area contributed by atoms with Gasteiger partial charge in [0.05, 0.1) is 0 Å². The Bertz CT molecular complexity index is 1040. The van der Waals surface area contributed by atoms with Crippen molar-refractivity contribution in [1.82, 2.24) is 19.6 Å². The Morgan fingerprint density at radius 1 is 1.17 bits per heavy atom. The second kappa shape index (κ2) is 7.33. The Morgan fingerprint density at radius 2 is 1.90 bits per heavy atom. The van der Waals surface area contributed by atoms with Gasteiger partial charge in [-0.25, -0.2) is 4.98 Å². The molecule has 1 aliphatic rings. The standard InChI is InChI=1S/C22H24N4O3/c1-22(2,29)21(28)26-13-18(14-26)16-3-5-17(6-4-16)20(27)24-12-15-7-9-25-10-8-23-19(25)11-15/h3-11,18,29H,12-14H2,1-2H3,(H,24,27). The molecule has 0 unspecified atom stereocenters. The lowest BCUT2D eigenvalue weighted by molar-refractivity contribution is -0.152. The average Bonchev–Trinajstić information content (AvgIpc) is 3.12. The van der Waals surface area contributed by atoms with Crippen LogP contribution >= 0.6 is 0 Å². The number of hydrogen-bond donors (Lipinski definition) is 2. The Hall–Kier alpha value is -3.19. The van der Waals surface area contributed by atoms with Gasteiger partial charge < -0.3 is 19.7 Å². The molecule has 0 bridgehead atoms. The molecule has 3 aromatic rings. The number of nitrogens with zero attached hydrogens (tertiary/aromatic N) is 3. The van der Waals surface area contributed by atoms with Gasteiger partial charge in [0.25, 0.3) is 11.8 Å². The van der Waals surface area contributed by atoms with E-state index < -0.39 is 5.60 Å². The summed E-state index contributed by atoms with van der Waals surface area (Å²) in [6.07, 6.45) is 5.53. The molecule has 2 N–H and O–H groups in total. The van der Waals surface area contributed by atoms with Crippen molar-refractivity contribution in [3.05, 3.63) is 71.7 Å². The minimum absolute atomic E-state index is 0.132. The fourth-order valence-corrected chi connectivity index (χ4v) is 3.50. The van der Waals surface area contributed by atoms with Gasteiger partial charge in [0, 0.05) is 49.7 Å². The van der Waals surface area contributed by atoms with Crippen LogP contribution in [0.3, 0.4) is 0 Å². The van der Waals surface area contributed by atoms with Crippen LogP contribution < -0.4 is 5.32 Å². The third-order valence-electron chi connectivity index (χ3n) is 5.25. The summed E-state index contributed by atoms with van der Waals surface area (Å²) in [5.74, 6) is -0.148. The number of rotatable bonds is 5. The number of hydrogen-bond acceptors (Lipinski definition) is 4. The van der Waals surface area contributed by atoms with Gasteiger partial charge in [-0.2, -0.15) is 0 Å². The topological polar surface area (TPSA) is 86.9 Å². The van der Waals surface area contributed by atoms with Crippen molar-refractivity contribution in [2.24, 2.45) is 0 Å². The van der Waals surface area contributed by atoms with E-state index in [2.05, 4.69) is 10.3 Å². The molecular formula is C22H24N4O3. The smallest absolute Gasteiger partial charge is 0.253 e. The average molecular weight is 392 g/mol. The molecule has 1 fully saturated rings. The summed E-state index contributed by atoms with van der Waals surface area (Å²) in [7, 11) is 0. The summed E-state index contributed by atoms with van der Waals surface area (Å²) in [5.41, 5.74) is 2.18. The highest BCUT2D eigenvalue weighted by molar-refractivity contribution is 5.94. The zero-order valence-electron chi connectivity index (χ0n) is 16.5. The molecule has 2 aromatic heterocycles. The van der Waals surface area contributed by atoms with E-state index in [0.29, 0.717) is 25.2 Å². The van der Waals surface area contributed by atoms with E-state index in [0.717, 1.165) is 16.8 Å². The lowest BCUT2D eigenvalue weighted by atomic mass is 9.89. The molecule has 0 radical (unpaired) electrons. The van der Waals surface area contributed by atoms with Gasteiger partial charge in [0.2, 0.25) is 0 Å². The molecule has 1 aromatic carbocycles. The van der Waals surface area contributed by atoms with E-state index in [-0.39, 0.29) is 17.7 Å². The summed E-state index contributed by atoms with van der Waals surface area (Å²) in [5, 5.41) is 12.7. The second-order valence-electron chi connectivity index (χ2n) is 8.00. The molecule has 0 aliphatic carbocycles. The van der Waals surface area contributed by atoms with Gasteiger partial charge in [0.15, 0.2) is 0 Å². The first-order valence-electron chi connectivity index (χ1n) is 9.63. The molecule has 3 heterocycles. The molecule has 7 heteroatoms. The fourth-order valence-electron chi connectivity index (χ4n) is 3.50. The van der Waals surface area contributed by atoms with Crippen LogP contribution in [0.4, 0.5) is 0 Å². The molecule has 0 saturated carbocycles. The van der Waals surface area contributed by atoms with Crippen molar-refractivity contribution >= 4 is 17.5 Å². The van der Waals surface area contributed by atoms with Gasteiger partial charge in [-0.15, -0.1) is 0 Å². The SMILES string of the molecule is CC(C)(O)C(=O)N1CC(c2ccc(C(=O)NCc3ccn4ccnc4c3)cc2)C1. The first-order valence-corrected chi connectivity index (χ1v) is 9.63. The number of fused-ring (bicyclic) bond motifs is 1. The van der Waals surface area contributed by atoms with Crippen LogP contribution in [0.2, 0.25) is 0 Å². The van der Waals surface area contributed by atoms with Crippen LogP contribution in [0.25, 0.3) is 5.65 Å². The highest BCUT2D eigenvalue weighted by Crippen LogP contribution is 2.29. The molecule has 150 valence electrons. The molecule has 2 amide bonds. The summed E-state index contributed by atoms with van der Waals surface area (Å²) in [6, 6.07) is 11.4. The first kappa shape index (κ1) is 19.1. The molecule has 0 atom stereocenters. The van der Waals surface area contributed by atoms with Crippen molar-refractivity contribution in [2.45, 2.75) is 31.9 Å². The van der Waals surface area contributed by atoms with E-state index in [1.807, 2.05) is 53.2 Å². The van der Waals surface area contributed by atoms with Crippen molar-refractivity contribution in [1.29, 1.82) is 0 Å². The number of amides is 2. The monoisotopic (exact) mass is 392 g/mol. The number of likely N-dealkylation sites (tertiary alicyclic amines) is 1. The van der Waals surface area contributed by atoms with Crippen molar-refractivity contribution in [3.63, 3.8) is 0 Å². The highest BCUT2D eigenvalue weighted by atomic mass is 16.3. The number of nitrogens with one attached hydrogen (secondary N) is 1. The summed E-state index contributed by atoms with van der Waals surface area (Å²) >= 11 is 0. The third kappa shape index (κ3) is 4.00. The molecule has 0 spiro atoms. The number of imidazole rings is 1. The Balaban J connectivity index is 1.32. The van der Waals surface area contributed by atoms with Crippen LogP contribution in [0.1, 0.15) is 41.3 Å². The third-order valence-corrected chi connectivity index (χ3v) is 5.25. The van der Waals surface area contributed by atoms with E-state index in [1.165, 1.54) is 13.8 Å². The number of benzene rings is 1. The predicted molar refractivity (Wildman–Crippen MR) is 108 cm³/mol. The molecule has 29 heavy (non-hydrogen) atoms. The lowest BCUT2D eigenvalue weighted by Crippen LogP contribution is -2.55. The van der Waals surface area contributed by atoms with E-state index >= 15 is 0 Å². The van der Waals surface area contributed by atoms with Crippen LogP contribution in [-0.4, -0.2) is 49.9 Å². The summed E-state index contributed by atoms with van der Waals surface area (Å²) < 4.78 is 1.92. The minimum atomic E-state index is -1.34. The maximum atomic E-state index is 12.4. The van der Waals surface area contributed by atoms with Crippen LogP contribution in [0.5, 0.6) is 0 Å². The highest BCUT2D eigenvalue weighted by Gasteiger charge is 2.37. The van der Waals surface area contributed by atoms with E-state index in [1.54, 1.807) is 11.1 Å². The zero-order valence-corrected chi connectivity index (χ0v) is 16.5. The second-order valence-corrected chi connectivity index (χ2v) is 8.00. The Morgan fingerprint density at radius 3 is 2.59 bits per heavy atom. The predicted octanol–water partition coefficient (Wildman–Crippen LogP) is 1.96. The van der Waals surface area contributed by atoms with Gasteiger partial charge >= 0.3 is 0 Å². The molecule has 7 nitrogen and oxygen atoms in total. The molecular weight excluding hydrogens is 368 g/mol. The van der Waals surface area contributed by atoms with Crippen molar-refractivity contribution in [3.8, 4) is 0 Å². The van der Waals surface area contributed by atoms with Gasteiger partial charge in [-0.05, 0) is 49.2 Å². The lowest BCUT2D eigenvalue weighted by Gasteiger charge is -2.42. The van der Waals surface area contributed by atoms with Crippen LogP contribution in [0.15, 0.2) is 55.0 Å². The van der Waals surface area contributed by atoms with E-state index in [4.69, 9.17) is 0 Å². The quantitative estimate of drug-likeness (QED) is 0.695. The van der Waals surface area contributed by atoms with Crippen LogP contribution in [0, 0.1) is 0 Å². The first-order chi connectivity index (χ1) is 13.8. The van der Waals surface area contributed by atoms with E-state index in [9.17, 15) is 14.7 Å². The fraction of sp³-hybridized carbons (Fsp3) is 0.318. The van der Waals surface area contributed by atoms with Crippen molar-refractivity contribution in [2.75, 3.05) is 13.1 Å². The number of aromatic nitrogens is 2. The number of carbonyl (C=O) groups is 2. The van der Waals surface area contributed by atoms with Crippen LogP contribution in [-0.2, 0) is 11.3 Å². The normalized spacial score (nSPS) is 14.7. The zero-order chi connectivity index (χ0) is 20.6. The summed E-state index contributed by atoms with van der Waals surface area (Å²) in [6.45, 7) is 4.61. The molecule has 1 saturated heterocycles. The summed E-state index contributed by atoms with van der Waals surface area (Å²) in [4.78, 5) is 30.4. The Labute approximate surface area is 169 Å². The van der Waals surface area contributed by atoms with Crippen molar-refractivity contribution < 1.29 is 14.7 Å². The molecule has 1 aliphatic heterocycles. The maximum absolute atomic E-state index is 12.4. The number of pyridine rings is 1. The maximum Gasteiger partial charge on any atom is 0.253 e. The minimum Gasteiger partial charge on any atom is -0.381 e. The Kier molecular flexibility index (Phi) is 4.84. The van der Waals surface area contributed by atoms with Gasteiger partial charge in [-0.1, -0.05) is 12.1 Å². The molecule has 4 rings (SSSR count). The van der Waals surface area contributed by atoms with Gasteiger partial charge in [0.1, 0.15) is 11.2 Å². The largest absolute Gasteiger partial charge is 0.381 e. The van der Waals surface area contributed by atoms with Gasteiger partial charge in [-0.3, -0.25) is 9.59 Å². The number of aliphatic hydroxyl groups is 1.